The van der Waals surface area contributed by atoms with E-state index in [2.05, 4.69) is 4.90 Å². The lowest BCUT2D eigenvalue weighted by Gasteiger charge is -2.42. The fourth-order valence-corrected chi connectivity index (χ4v) is 4.50. The van der Waals surface area contributed by atoms with Gasteiger partial charge >= 0.3 is 6.03 Å². The molecule has 3 fully saturated rings. The van der Waals surface area contributed by atoms with Crippen LogP contribution in [0.15, 0.2) is 24.3 Å². The molecule has 1 aliphatic carbocycles. The van der Waals surface area contributed by atoms with Gasteiger partial charge in [-0.2, -0.15) is 0 Å². The summed E-state index contributed by atoms with van der Waals surface area (Å²) in [7, 11) is 1.74. The highest BCUT2D eigenvalue weighted by molar-refractivity contribution is 5.84. The number of benzene rings is 1. The molecule has 2 aliphatic heterocycles. The average Bonchev–Trinajstić information content (AvgIpc) is 2.87. The van der Waals surface area contributed by atoms with Gasteiger partial charge in [-0.05, 0) is 37.0 Å². The van der Waals surface area contributed by atoms with E-state index in [1.54, 1.807) is 29.0 Å². The molecule has 0 spiro atoms. The zero-order valence-corrected chi connectivity index (χ0v) is 17.2. The molecule has 4 rings (SSSR count). The van der Waals surface area contributed by atoms with Crippen molar-refractivity contribution in [2.45, 2.75) is 38.3 Å². The van der Waals surface area contributed by atoms with Gasteiger partial charge in [-0.25, -0.2) is 9.18 Å². The van der Waals surface area contributed by atoms with E-state index in [-0.39, 0.29) is 23.7 Å². The maximum absolute atomic E-state index is 13.0. The van der Waals surface area contributed by atoms with Crippen molar-refractivity contribution in [1.82, 2.24) is 19.6 Å². The van der Waals surface area contributed by atoms with Gasteiger partial charge in [-0.15, -0.1) is 0 Å². The number of halogens is 1. The molecule has 2 saturated heterocycles. The van der Waals surface area contributed by atoms with Crippen molar-refractivity contribution in [2.75, 3.05) is 46.3 Å². The Bertz CT molecular complexity index is 731. The normalized spacial score (nSPS) is 21.3. The van der Waals surface area contributed by atoms with Crippen LogP contribution in [0.2, 0.25) is 0 Å². The molecule has 0 bridgehead atoms. The summed E-state index contributed by atoms with van der Waals surface area (Å²) in [5.41, 5.74) is 0.885. The number of amides is 3. The summed E-state index contributed by atoms with van der Waals surface area (Å²) in [6.07, 6.45) is 4.99. The molecule has 1 aromatic carbocycles. The van der Waals surface area contributed by atoms with Gasteiger partial charge in [0.2, 0.25) is 5.91 Å². The number of nitrogens with zero attached hydrogens (tertiary/aromatic N) is 4. The molecule has 7 heteroatoms. The van der Waals surface area contributed by atoms with Crippen LogP contribution in [0.5, 0.6) is 0 Å². The minimum absolute atomic E-state index is 0.0755. The van der Waals surface area contributed by atoms with E-state index in [9.17, 15) is 14.0 Å². The van der Waals surface area contributed by atoms with Crippen LogP contribution in [0.25, 0.3) is 0 Å². The zero-order valence-electron chi connectivity index (χ0n) is 17.2. The molecule has 0 N–H and O–H groups in total. The average molecular weight is 403 g/mol. The predicted octanol–water partition coefficient (Wildman–Crippen LogP) is 2.40. The van der Waals surface area contributed by atoms with Crippen LogP contribution >= 0.6 is 0 Å². The second-order valence-electron chi connectivity index (χ2n) is 8.67. The third kappa shape index (κ3) is 4.55. The van der Waals surface area contributed by atoms with Gasteiger partial charge in [0.15, 0.2) is 0 Å². The Labute approximate surface area is 172 Å². The highest BCUT2D eigenvalue weighted by Crippen LogP contribution is 2.26. The van der Waals surface area contributed by atoms with Crippen LogP contribution in [0.3, 0.4) is 0 Å². The third-order valence-corrected chi connectivity index (χ3v) is 6.59. The topological polar surface area (TPSA) is 47.1 Å². The van der Waals surface area contributed by atoms with Gasteiger partial charge in [-0.3, -0.25) is 9.69 Å². The van der Waals surface area contributed by atoms with E-state index in [0.29, 0.717) is 19.6 Å². The fourth-order valence-electron chi connectivity index (χ4n) is 4.50. The zero-order chi connectivity index (χ0) is 20.4. The summed E-state index contributed by atoms with van der Waals surface area (Å²) in [5.74, 6) is -0.157. The Morgan fingerprint density at radius 1 is 1.00 bits per heavy atom. The summed E-state index contributed by atoms with van der Waals surface area (Å²) in [5, 5.41) is 0. The number of rotatable bonds is 4. The summed E-state index contributed by atoms with van der Waals surface area (Å²) < 4.78 is 13.0. The van der Waals surface area contributed by atoms with E-state index in [1.807, 2.05) is 4.90 Å². The molecule has 0 atom stereocenters. The van der Waals surface area contributed by atoms with E-state index in [1.165, 1.54) is 31.4 Å². The number of hydrogen-bond donors (Lipinski definition) is 0. The second-order valence-corrected chi connectivity index (χ2v) is 8.67. The monoisotopic (exact) mass is 402 g/mol. The molecule has 3 aliphatic rings. The molecule has 0 unspecified atom stereocenters. The van der Waals surface area contributed by atoms with Gasteiger partial charge in [-0.1, -0.05) is 18.6 Å². The Hall–Kier alpha value is -2.15. The fraction of sp³-hybridized carbons (Fsp3) is 0.636. The first-order valence-corrected chi connectivity index (χ1v) is 10.8. The lowest BCUT2D eigenvalue weighted by molar-refractivity contribution is -0.139. The Balaban J connectivity index is 1.22. The van der Waals surface area contributed by atoms with Crippen molar-refractivity contribution in [1.29, 1.82) is 0 Å². The number of urea groups is 1. The van der Waals surface area contributed by atoms with Crippen LogP contribution in [-0.4, -0.2) is 83.9 Å². The van der Waals surface area contributed by atoms with E-state index >= 15 is 0 Å². The summed E-state index contributed by atoms with van der Waals surface area (Å²) in [4.78, 5) is 33.4. The van der Waals surface area contributed by atoms with E-state index < -0.39 is 0 Å². The number of hydrogen-bond acceptors (Lipinski definition) is 3. The van der Waals surface area contributed by atoms with Gasteiger partial charge in [0.25, 0.3) is 0 Å². The summed E-state index contributed by atoms with van der Waals surface area (Å²) in [6, 6.07) is 6.84. The minimum Gasteiger partial charge on any atom is -0.341 e. The standard InChI is InChI=1S/C22H31FN4O2/c1-24(14-17-6-8-19(23)9-7-17)22(29)27-15-18(16-27)21(28)26-11-3-10-25(12-13-26)20-4-2-5-20/h6-9,18,20H,2-5,10-16H2,1H3. The van der Waals surface area contributed by atoms with Crippen LogP contribution in [0, 0.1) is 11.7 Å². The quantitative estimate of drug-likeness (QED) is 0.777. The minimum atomic E-state index is -0.281. The molecular weight excluding hydrogens is 371 g/mol. The van der Waals surface area contributed by atoms with Crippen LogP contribution in [0.1, 0.15) is 31.2 Å². The maximum Gasteiger partial charge on any atom is 0.320 e. The summed E-state index contributed by atoms with van der Waals surface area (Å²) >= 11 is 0. The molecule has 158 valence electrons. The van der Waals surface area contributed by atoms with Crippen LogP contribution in [0.4, 0.5) is 9.18 Å². The van der Waals surface area contributed by atoms with E-state index in [4.69, 9.17) is 0 Å². The number of likely N-dealkylation sites (tertiary alicyclic amines) is 1. The molecular formula is C22H31FN4O2. The molecule has 6 nitrogen and oxygen atoms in total. The Kier molecular flexibility index (Phi) is 6.04. The molecule has 1 aromatic rings. The van der Waals surface area contributed by atoms with Crippen molar-refractivity contribution in [2.24, 2.45) is 5.92 Å². The SMILES string of the molecule is CN(Cc1ccc(F)cc1)C(=O)N1CC(C(=O)N2CCCN(C3CCC3)CC2)C1. The molecule has 2 heterocycles. The van der Waals surface area contributed by atoms with Gasteiger partial charge < -0.3 is 14.7 Å². The highest BCUT2D eigenvalue weighted by Gasteiger charge is 2.39. The van der Waals surface area contributed by atoms with Crippen LogP contribution < -0.4 is 0 Å². The van der Waals surface area contributed by atoms with Crippen molar-refractivity contribution < 1.29 is 14.0 Å². The predicted molar refractivity (Wildman–Crippen MR) is 109 cm³/mol. The lowest BCUT2D eigenvalue weighted by Crippen LogP contribution is -2.59. The van der Waals surface area contributed by atoms with Crippen molar-refractivity contribution >= 4 is 11.9 Å². The summed E-state index contributed by atoms with van der Waals surface area (Å²) in [6.45, 7) is 5.13. The lowest BCUT2D eigenvalue weighted by atomic mass is 9.91. The van der Waals surface area contributed by atoms with Crippen molar-refractivity contribution in [3.8, 4) is 0 Å². The number of carbonyl (C=O) groups is 2. The van der Waals surface area contributed by atoms with E-state index in [0.717, 1.165) is 44.2 Å². The second kappa shape index (κ2) is 8.69. The Morgan fingerprint density at radius 3 is 2.38 bits per heavy atom. The smallest absolute Gasteiger partial charge is 0.320 e. The highest BCUT2D eigenvalue weighted by atomic mass is 19.1. The van der Waals surface area contributed by atoms with Gasteiger partial charge in [0, 0.05) is 58.9 Å². The van der Waals surface area contributed by atoms with Crippen molar-refractivity contribution in [3.63, 3.8) is 0 Å². The van der Waals surface area contributed by atoms with Gasteiger partial charge in [0.05, 0.1) is 5.92 Å². The molecule has 1 saturated carbocycles. The van der Waals surface area contributed by atoms with Gasteiger partial charge in [0.1, 0.15) is 5.82 Å². The Morgan fingerprint density at radius 2 is 1.72 bits per heavy atom. The molecule has 0 radical (unpaired) electrons. The number of carbonyl (C=O) groups excluding carboxylic acids is 2. The maximum atomic E-state index is 13.0. The molecule has 0 aromatic heterocycles. The van der Waals surface area contributed by atoms with Crippen molar-refractivity contribution in [3.05, 3.63) is 35.6 Å². The first kappa shape index (κ1) is 20.1. The largest absolute Gasteiger partial charge is 0.341 e. The first-order valence-electron chi connectivity index (χ1n) is 10.8. The third-order valence-electron chi connectivity index (χ3n) is 6.59. The molecule has 3 amide bonds. The first-order chi connectivity index (χ1) is 14.0. The molecule has 29 heavy (non-hydrogen) atoms. The van der Waals surface area contributed by atoms with Crippen LogP contribution in [-0.2, 0) is 11.3 Å².